The summed E-state index contributed by atoms with van der Waals surface area (Å²) in [7, 11) is -10.1. The fourth-order valence-electron chi connectivity index (χ4n) is 5.36. The molecule has 7 rings (SSSR count). The number of aromatic nitrogens is 7. The molecule has 4 aromatic heterocycles. The van der Waals surface area contributed by atoms with Crippen LogP contribution in [-0.4, -0.2) is 104 Å². The van der Waals surface area contributed by atoms with Crippen LogP contribution in [0.2, 0.25) is 0 Å². The van der Waals surface area contributed by atoms with Gasteiger partial charge >= 0.3 is 15.6 Å². The molecule has 3 aliphatic rings. The largest absolute Gasteiger partial charge is 0.472 e. The monoisotopic (exact) mass is 673 g/mol. The molecule has 0 saturated carbocycles. The summed E-state index contributed by atoms with van der Waals surface area (Å²) in [4.78, 5) is 52.2. The molecule has 22 nitrogen and oxygen atoms in total. The number of hydrogen-bond acceptors (Lipinski definition) is 17. The Morgan fingerprint density at radius 3 is 1.96 bits per heavy atom. The Morgan fingerprint density at radius 2 is 1.38 bits per heavy atom. The number of phosphoric ester groups is 2. The summed E-state index contributed by atoms with van der Waals surface area (Å²) in [5, 5.41) is 22.1. The molecule has 0 spiro atoms. The first-order valence-electron chi connectivity index (χ1n) is 13.1. The SMILES string of the molecule is Nc1nc2c(ncn2[C@@H]2O[C@@H]3COP(=O)(O)O[C@@H]4[C@H](O)[C@@H](COP(=O)(O)O[C@@H]2[C@@H]3O)O[C@H]4n2cnc3c(N)ccnc32)c(=O)[nH]1. The molecule has 0 radical (unpaired) electrons. The average Bonchev–Trinajstić information content (AvgIpc) is 3.72. The number of rotatable bonds is 2. The molecule has 242 valence electrons. The maximum absolute atomic E-state index is 13.2. The van der Waals surface area contributed by atoms with Crippen LogP contribution in [0.4, 0.5) is 11.6 Å². The highest BCUT2D eigenvalue weighted by molar-refractivity contribution is 7.47. The Bertz CT molecular complexity index is 1930. The molecular weight excluding hydrogens is 648 g/mol. The first-order valence-corrected chi connectivity index (χ1v) is 16.1. The highest BCUT2D eigenvalue weighted by atomic mass is 31.2. The molecule has 10 atom stereocenters. The number of aliphatic hydroxyl groups excluding tert-OH is 2. The van der Waals surface area contributed by atoms with Gasteiger partial charge in [-0.1, -0.05) is 0 Å². The third-order valence-corrected chi connectivity index (χ3v) is 9.40. The number of fused-ring (bicyclic) bond motifs is 6. The summed E-state index contributed by atoms with van der Waals surface area (Å²) in [6.45, 7) is -1.63. The smallest absolute Gasteiger partial charge is 0.397 e. The molecule has 0 aliphatic carbocycles. The molecule has 45 heavy (non-hydrogen) atoms. The van der Waals surface area contributed by atoms with Crippen LogP contribution in [0.3, 0.4) is 0 Å². The maximum atomic E-state index is 13.2. The van der Waals surface area contributed by atoms with E-state index < -0.39 is 83.5 Å². The van der Waals surface area contributed by atoms with Crippen LogP contribution in [0, 0.1) is 0 Å². The van der Waals surface area contributed by atoms with Crippen molar-refractivity contribution in [3.05, 3.63) is 35.3 Å². The van der Waals surface area contributed by atoms with E-state index in [4.69, 9.17) is 39.0 Å². The van der Waals surface area contributed by atoms with E-state index >= 15 is 0 Å². The van der Waals surface area contributed by atoms with Gasteiger partial charge in [-0.2, -0.15) is 4.98 Å². The molecule has 7 heterocycles. The molecule has 3 saturated heterocycles. The van der Waals surface area contributed by atoms with E-state index in [0.717, 1.165) is 10.9 Å². The molecule has 3 fully saturated rings. The Morgan fingerprint density at radius 1 is 0.844 bits per heavy atom. The Hall–Kier alpha value is -3.37. The van der Waals surface area contributed by atoms with Gasteiger partial charge in [0, 0.05) is 6.20 Å². The third kappa shape index (κ3) is 5.33. The lowest BCUT2D eigenvalue weighted by Crippen LogP contribution is -2.38. The van der Waals surface area contributed by atoms with Gasteiger partial charge < -0.3 is 40.9 Å². The average molecular weight is 673 g/mol. The zero-order valence-corrected chi connectivity index (χ0v) is 24.3. The standard InChI is InChI=1S/C21H25N9O13P2/c22-7-1-2-24-16-10(7)25-5-29(16)19-14-12(31)8(40-19)3-38-45(36,37)43-15-13(32)9(4-39-44(34,35)42-14)41-20(15)30-6-26-11-17(30)27-21(23)28-18(11)33/h1-2,5-6,8-9,12-15,19-20,31-32H,3-4H2,(H2,22,24)(H,34,35)(H,36,37)(H3,23,27,28,33)/t8-,9-,12-,13-,14-,15-,19-,20-/m1/s1. The van der Waals surface area contributed by atoms with Gasteiger partial charge in [0.05, 0.1) is 31.6 Å². The Balaban J connectivity index is 1.23. The molecule has 24 heteroatoms. The van der Waals surface area contributed by atoms with E-state index in [0.29, 0.717) is 0 Å². The van der Waals surface area contributed by atoms with Crippen LogP contribution in [0.15, 0.2) is 29.7 Å². The van der Waals surface area contributed by atoms with Crippen molar-refractivity contribution in [2.24, 2.45) is 0 Å². The fourth-order valence-corrected chi connectivity index (χ4v) is 7.22. The van der Waals surface area contributed by atoms with Crippen molar-refractivity contribution < 1.29 is 56.7 Å². The van der Waals surface area contributed by atoms with Gasteiger partial charge in [0.15, 0.2) is 29.3 Å². The lowest BCUT2D eigenvalue weighted by molar-refractivity contribution is -0.0675. The maximum Gasteiger partial charge on any atom is 0.472 e. The summed E-state index contributed by atoms with van der Waals surface area (Å²) in [5.74, 6) is -0.284. The summed E-state index contributed by atoms with van der Waals surface area (Å²) in [6.07, 6.45) is -8.93. The van der Waals surface area contributed by atoms with E-state index in [2.05, 4.69) is 24.9 Å². The number of imidazole rings is 2. The normalized spacial score (nSPS) is 37.7. The van der Waals surface area contributed by atoms with Gasteiger partial charge in [0.2, 0.25) is 5.95 Å². The molecule has 4 aromatic rings. The predicted octanol–water partition coefficient (Wildman–Crippen LogP) is -1.74. The number of H-pyrrole nitrogens is 1. The minimum atomic E-state index is -5.09. The lowest BCUT2D eigenvalue weighted by Gasteiger charge is -2.26. The number of aromatic amines is 1. The van der Waals surface area contributed by atoms with Gasteiger partial charge in [-0.3, -0.25) is 37.0 Å². The Kier molecular flexibility index (Phi) is 7.32. The number of phosphoric acid groups is 2. The fraction of sp³-hybridized carbons (Fsp3) is 0.476. The number of pyridine rings is 1. The topological polar surface area (TPSA) is 317 Å². The minimum Gasteiger partial charge on any atom is -0.397 e. The highest BCUT2D eigenvalue weighted by Crippen LogP contribution is 2.53. The van der Waals surface area contributed by atoms with Gasteiger partial charge in [-0.05, 0) is 6.07 Å². The number of nitrogens with two attached hydrogens (primary N) is 2. The molecular formula is C21H25N9O13P2. The molecule has 0 aromatic carbocycles. The third-order valence-electron chi connectivity index (χ3n) is 7.43. The molecule has 4 bridgehead atoms. The second kappa shape index (κ2) is 10.9. The van der Waals surface area contributed by atoms with Crippen LogP contribution in [-0.2, 0) is 36.7 Å². The predicted molar refractivity (Wildman–Crippen MR) is 146 cm³/mol. The molecule has 2 unspecified atom stereocenters. The Labute approximate surface area is 249 Å². The van der Waals surface area contributed by atoms with Crippen molar-refractivity contribution in [2.45, 2.75) is 49.1 Å². The van der Waals surface area contributed by atoms with Crippen molar-refractivity contribution in [3.63, 3.8) is 0 Å². The molecule has 9 N–H and O–H groups in total. The summed E-state index contributed by atoms with van der Waals surface area (Å²) in [5.41, 5.74) is 11.3. The van der Waals surface area contributed by atoms with Crippen molar-refractivity contribution >= 4 is 49.6 Å². The number of hydrogen-bond donors (Lipinski definition) is 7. The van der Waals surface area contributed by atoms with E-state index in [1.807, 2.05) is 0 Å². The molecule has 0 amide bonds. The van der Waals surface area contributed by atoms with E-state index in [-0.39, 0.29) is 34.0 Å². The van der Waals surface area contributed by atoms with Crippen molar-refractivity contribution in [1.29, 1.82) is 0 Å². The zero-order valence-electron chi connectivity index (χ0n) is 22.5. The van der Waals surface area contributed by atoms with Crippen LogP contribution in [0.1, 0.15) is 12.5 Å². The zero-order chi connectivity index (χ0) is 31.8. The van der Waals surface area contributed by atoms with Crippen LogP contribution in [0.25, 0.3) is 22.3 Å². The summed E-state index contributed by atoms with van der Waals surface area (Å²) in [6, 6.07) is 1.50. The van der Waals surface area contributed by atoms with E-state index in [1.165, 1.54) is 23.2 Å². The van der Waals surface area contributed by atoms with Gasteiger partial charge in [-0.25, -0.2) is 24.1 Å². The van der Waals surface area contributed by atoms with Crippen molar-refractivity contribution in [1.82, 2.24) is 34.1 Å². The highest BCUT2D eigenvalue weighted by Gasteiger charge is 2.54. The van der Waals surface area contributed by atoms with Gasteiger partial charge in [0.25, 0.3) is 5.56 Å². The number of ether oxygens (including phenoxy) is 2. The number of aliphatic hydroxyl groups is 2. The summed E-state index contributed by atoms with van der Waals surface area (Å²) >= 11 is 0. The van der Waals surface area contributed by atoms with Gasteiger partial charge in [-0.15, -0.1) is 0 Å². The van der Waals surface area contributed by atoms with E-state index in [9.17, 15) is 33.9 Å². The van der Waals surface area contributed by atoms with Crippen LogP contribution < -0.4 is 17.0 Å². The summed E-state index contributed by atoms with van der Waals surface area (Å²) < 4.78 is 61.3. The minimum absolute atomic E-state index is 0.130. The van der Waals surface area contributed by atoms with Gasteiger partial charge in [0.1, 0.15) is 42.1 Å². The van der Waals surface area contributed by atoms with Crippen LogP contribution in [0.5, 0.6) is 0 Å². The van der Waals surface area contributed by atoms with E-state index in [1.54, 1.807) is 0 Å². The van der Waals surface area contributed by atoms with Crippen LogP contribution >= 0.6 is 15.6 Å². The second-order valence-corrected chi connectivity index (χ2v) is 13.1. The quantitative estimate of drug-likeness (QED) is 0.116. The number of nitrogens with one attached hydrogen (secondary N) is 1. The number of anilines is 2. The first-order chi connectivity index (χ1) is 21.3. The number of nitrogens with zero attached hydrogens (tertiary/aromatic N) is 6. The number of nitrogen functional groups attached to an aromatic ring is 2. The first kappa shape index (κ1) is 30.3. The van der Waals surface area contributed by atoms with Crippen molar-refractivity contribution in [2.75, 3.05) is 24.7 Å². The van der Waals surface area contributed by atoms with Crippen molar-refractivity contribution in [3.8, 4) is 0 Å². The molecule has 3 aliphatic heterocycles. The lowest BCUT2D eigenvalue weighted by atomic mass is 10.1. The second-order valence-electron chi connectivity index (χ2n) is 10.3.